The molecule has 0 aliphatic carbocycles. The fourth-order valence-electron chi connectivity index (χ4n) is 2.22. The normalized spacial score (nSPS) is 10.8. The maximum Gasteiger partial charge on any atom is 0.264 e. The lowest BCUT2D eigenvalue weighted by Gasteiger charge is -2.25. The number of rotatable bonds is 8. The van der Waals surface area contributed by atoms with E-state index in [4.69, 9.17) is 21.1 Å². The van der Waals surface area contributed by atoms with Crippen LogP contribution in [0.4, 0.5) is 0 Å². The van der Waals surface area contributed by atoms with Gasteiger partial charge in [0, 0.05) is 11.6 Å². The summed E-state index contributed by atoms with van der Waals surface area (Å²) in [5, 5.41) is 5.92. The van der Waals surface area contributed by atoms with Crippen LogP contribution >= 0.6 is 11.6 Å². The third-order valence-electron chi connectivity index (χ3n) is 3.79. The molecular weight excluding hydrogens is 368 g/mol. The highest BCUT2D eigenvalue weighted by Gasteiger charge is 2.30. The number of carbonyl (C=O) groups is 2. The Labute approximate surface area is 163 Å². The van der Waals surface area contributed by atoms with Gasteiger partial charge in [0.25, 0.3) is 5.91 Å². The Morgan fingerprint density at radius 2 is 1.56 bits per heavy atom. The van der Waals surface area contributed by atoms with Gasteiger partial charge in [-0.3, -0.25) is 9.59 Å². The summed E-state index contributed by atoms with van der Waals surface area (Å²) in [5.41, 5.74) is -0.203. The molecule has 0 saturated heterocycles. The molecule has 0 fully saturated rings. The van der Waals surface area contributed by atoms with Crippen LogP contribution in [0.1, 0.15) is 19.4 Å². The van der Waals surface area contributed by atoms with Crippen LogP contribution in [0.25, 0.3) is 0 Å². The lowest BCUT2D eigenvalue weighted by Crippen LogP contribution is -2.49. The first kappa shape index (κ1) is 20.6. The Hall–Kier alpha value is -2.73. The smallest absolute Gasteiger partial charge is 0.264 e. The molecule has 2 rings (SSSR count). The predicted octanol–water partition coefficient (Wildman–Crippen LogP) is 2.94. The van der Waals surface area contributed by atoms with E-state index >= 15 is 0 Å². The summed E-state index contributed by atoms with van der Waals surface area (Å²) in [6.07, 6.45) is 0. The minimum Gasteiger partial charge on any atom is -0.497 e. The molecule has 0 unspecified atom stereocenters. The van der Waals surface area contributed by atoms with Crippen molar-refractivity contribution in [2.75, 3.05) is 13.7 Å². The number of amides is 2. The number of benzene rings is 2. The summed E-state index contributed by atoms with van der Waals surface area (Å²) in [6.45, 7) is 3.49. The fourth-order valence-corrected chi connectivity index (χ4v) is 2.35. The van der Waals surface area contributed by atoms with Gasteiger partial charge in [0.1, 0.15) is 11.5 Å². The predicted molar refractivity (Wildman–Crippen MR) is 104 cm³/mol. The van der Waals surface area contributed by atoms with Crippen molar-refractivity contribution in [3.8, 4) is 11.5 Å². The molecule has 7 heteroatoms. The molecule has 0 aromatic heterocycles. The highest BCUT2D eigenvalue weighted by molar-refractivity contribution is 6.30. The van der Waals surface area contributed by atoms with Crippen LogP contribution in [-0.2, 0) is 16.1 Å². The lowest BCUT2D eigenvalue weighted by molar-refractivity contribution is -0.136. The van der Waals surface area contributed by atoms with E-state index in [-0.39, 0.29) is 12.5 Å². The van der Waals surface area contributed by atoms with Gasteiger partial charge in [-0.1, -0.05) is 23.7 Å². The third-order valence-corrected chi connectivity index (χ3v) is 4.04. The second-order valence-electron chi connectivity index (χ2n) is 6.37. The molecule has 0 aliphatic heterocycles. The molecule has 27 heavy (non-hydrogen) atoms. The van der Waals surface area contributed by atoms with Gasteiger partial charge in [0.15, 0.2) is 5.60 Å². The van der Waals surface area contributed by atoms with E-state index in [1.54, 1.807) is 45.2 Å². The molecule has 0 radical (unpaired) electrons. The highest BCUT2D eigenvalue weighted by Crippen LogP contribution is 2.21. The Balaban J connectivity index is 1.78. The van der Waals surface area contributed by atoms with Crippen LogP contribution in [0.2, 0.25) is 5.02 Å². The molecular formula is C20H23ClN2O4. The number of halogens is 1. The van der Waals surface area contributed by atoms with Gasteiger partial charge in [-0.15, -0.1) is 0 Å². The maximum atomic E-state index is 12.3. The molecule has 0 atom stereocenters. The standard InChI is InChI=1S/C20H23ClN2O4/c1-20(2,27-17-10-6-15(21)7-11-17)19(25)23-13-18(24)22-12-14-4-8-16(26-3)9-5-14/h4-11H,12-13H2,1-3H3,(H,22,24)(H,23,25). The zero-order valence-corrected chi connectivity index (χ0v) is 16.3. The Bertz CT molecular complexity index is 774. The number of carbonyl (C=O) groups excluding carboxylic acids is 2. The number of ether oxygens (including phenoxy) is 2. The number of methoxy groups -OCH3 is 1. The van der Waals surface area contributed by atoms with Crippen molar-refractivity contribution < 1.29 is 19.1 Å². The van der Waals surface area contributed by atoms with Crippen molar-refractivity contribution in [2.45, 2.75) is 26.0 Å². The Morgan fingerprint density at radius 1 is 0.963 bits per heavy atom. The van der Waals surface area contributed by atoms with Gasteiger partial charge in [-0.25, -0.2) is 0 Å². The molecule has 0 heterocycles. The SMILES string of the molecule is COc1ccc(CNC(=O)CNC(=O)C(C)(C)Oc2ccc(Cl)cc2)cc1. The van der Waals surface area contributed by atoms with Crippen LogP contribution in [0.3, 0.4) is 0 Å². The van der Waals surface area contributed by atoms with Crippen molar-refractivity contribution in [2.24, 2.45) is 0 Å². The van der Waals surface area contributed by atoms with E-state index in [0.29, 0.717) is 17.3 Å². The topological polar surface area (TPSA) is 76.7 Å². The zero-order valence-electron chi connectivity index (χ0n) is 15.5. The molecule has 2 N–H and O–H groups in total. The lowest BCUT2D eigenvalue weighted by atomic mass is 10.1. The quantitative estimate of drug-likeness (QED) is 0.726. The van der Waals surface area contributed by atoms with Crippen LogP contribution in [-0.4, -0.2) is 31.1 Å². The first-order valence-corrected chi connectivity index (χ1v) is 8.80. The van der Waals surface area contributed by atoms with Gasteiger partial charge in [-0.05, 0) is 55.8 Å². The average molecular weight is 391 g/mol. The fraction of sp³-hybridized carbons (Fsp3) is 0.300. The van der Waals surface area contributed by atoms with E-state index < -0.39 is 11.5 Å². The van der Waals surface area contributed by atoms with Crippen molar-refractivity contribution >= 4 is 23.4 Å². The van der Waals surface area contributed by atoms with Gasteiger partial charge < -0.3 is 20.1 Å². The molecule has 0 bridgehead atoms. The molecule has 0 spiro atoms. The minimum atomic E-state index is -1.13. The van der Waals surface area contributed by atoms with Gasteiger partial charge >= 0.3 is 0 Å². The largest absolute Gasteiger partial charge is 0.497 e. The first-order chi connectivity index (χ1) is 12.8. The van der Waals surface area contributed by atoms with E-state index in [1.165, 1.54) is 0 Å². The number of hydrogen-bond donors (Lipinski definition) is 2. The third kappa shape index (κ3) is 6.49. The second kappa shape index (κ2) is 9.28. The average Bonchev–Trinajstić information content (AvgIpc) is 2.66. The summed E-state index contributed by atoms with van der Waals surface area (Å²) in [6, 6.07) is 14.1. The van der Waals surface area contributed by atoms with Crippen LogP contribution in [0, 0.1) is 0 Å². The van der Waals surface area contributed by atoms with Crippen LogP contribution in [0.5, 0.6) is 11.5 Å². The summed E-state index contributed by atoms with van der Waals surface area (Å²) < 4.78 is 10.8. The Kier molecular flexibility index (Phi) is 7.07. The van der Waals surface area contributed by atoms with Gasteiger partial charge in [0.2, 0.25) is 5.91 Å². The first-order valence-electron chi connectivity index (χ1n) is 8.42. The highest BCUT2D eigenvalue weighted by atomic mass is 35.5. The van der Waals surface area contributed by atoms with Crippen molar-refractivity contribution in [1.82, 2.24) is 10.6 Å². The molecule has 0 saturated carbocycles. The minimum absolute atomic E-state index is 0.137. The zero-order chi connectivity index (χ0) is 19.9. The van der Waals surface area contributed by atoms with E-state index in [9.17, 15) is 9.59 Å². The molecule has 0 aliphatic rings. The summed E-state index contributed by atoms with van der Waals surface area (Å²) in [7, 11) is 1.59. The summed E-state index contributed by atoms with van der Waals surface area (Å²) in [5.74, 6) is 0.585. The maximum absolute atomic E-state index is 12.3. The second-order valence-corrected chi connectivity index (χ2v) is 6.81. The monoisotopic (exact) mass is 390 g/mol. The number of nitrogens with one attached hydrogen (secondary N) is 2. The van der Waals surface area contributed by atoms with E-state index in [1.807, 2.05) is 24.3 Å². The summed E-state index contributed by atoms with van der Waals surface area (Å²) in [4.78, 5) is 24.3. The molecule has 144 valence electrons. The van der Waals surface area contributed by atoms with Crippen LogP contribution in [0.15, 0.2) is 48.5 Å². The van der Waals surface area contributed by atoms with Crippen LogP contribution < -0.4 is 20.1 Å². The van der Waals surface area contributed by atoms with Gasteiger partial charge in [0.05, 0.1) is 13.7 Å². The molecule has 2 aromatic rings. The molecule has 2 aromatic carbocycles. The van der Waals surface area contributed by atoms with Gasteiger partial charge in [-0.2, -0.15) is 0 Å². The number of hydrogen-bond acceptors (Lipinski definition) is 4. The Morgan fingerprint density at radius 3 is 2.15 bits per heavy atom. The van der Waals surface area contributed by atoms with Crippen molar-refractivity contribution in [3.63, 3.8) is 0 Å². The van der Waals surface area contributed by atoms with Crippen molar-refractivity contribution in [3.05, 3.63) is 59.1 Å². The molecule has 2 amide bonds. The van der Waals surface area contributed by atoms with Crippen molar-refractivity contribution in [1.29, 1.82) is 0 Å². The van der Waals surface area contributed by atoms with E-state index in [0.717, 1.165) is 11.3 Å². The summed E-state index contributed by atoms with van der Waals surface area (Å²) >= 11 is 5.83. The van der Waals surface area contributed by atoms with E-state index in [2.05, 4.69) is 10.6 Å². The molecule has 6 nitrogen and oxygen atoms in total.